The van der Waals surface area contributed by atoms with Gasteiger partial charge < -0.3 is 4.90 Å². The van der Waals surface area contributed by atoms with E-state index in [9.17, 15) is 10.1 Å². The highest BCUT2D eigenvalue weighted by atomic mass is 79.9. The van der Waals surface area contributed by atoms with Gasteiger partial charge in [0.2, 0.25) is 0 Å². The Labute approximate surface area is 96.5 Å². The second-order valence-corrected chi connectivity index (χ2v) is 4.06. The van der Waals surface area contributed by atoms with Crippen molar-refractivity contribution in [2.24, 2.45) is 0 Å². The average Bonchev–Trinajstić information content (AvgIpc) is 2.15. The van der Waals surface area contributed by atoms with Gasteiger partial charge in [0, 0.05) is 24.6 Å². The second-order valence-electron chi connectivity index (χ2n) is 3.21. The number of rotatable bonds is 3. The molecule has 0 saturated carbocycles. The van der Waals surface area contributed by atoms with Crippen molar-refractivity contribution >= 4 is 27.7 Å². The minimum Gasteiger partial charge on any atom is -0.383 e. The van der Waals surface area contributed by atoms with E-state index >= 15 is 0 Å². The first-order chi connectivity index (χ1) is 7.02. The molecule has 5 heteroatoms. The van der Waals surface area contributed by atoms with Crippen LogP contribution >= 0.6 is 15.9 Å². The Bertz CT molecular complexity index is 402. The van der Waals surface area contributed by atoms with E-state index in [-0.39, 0.29) is 10.6 Å². The summed E-state index contributed by atoms with van der Waals surface area (Å²) in [5.41, 5.74) is 0.679. The van der Waals surface area contributed by atoms with Gasteiger partial charge in [-0.2, -0.15) is 0 Å². The zero-order chi connectivity index (χ0) is 11.4. The summed E-state index contributed by atoms with van der Waals surface area (Å²) >= 11 is 3.29. The SMILES string of the molecule is CN(C)/C=C/c1c(Br)cccc1[N+](=O)[O-]. The van der Waals surface area contributed by atoms with Crippen LogP contribution in [0, 0.1) is 10.1 Å². The van der Waals surface area contributed by atoms with Crippen molar-refractivity contribution in [3.63, 3.8) is 0 Å². The van der Waals surface area contributed by atoms with E-state index in [0.29, 0.717) is 5.56 Å². The molecule has 4 nitrogen and oxygen atoms in total. The van der Waals surface area contributed by atoms with Crippen molar-refractivity contribution in [2.75, 3.05) is 14.1 Å². The first-order valence-corrected chi connectivity index (χ1v) is 5.09. The summed E-state index contributed by atoms with van der Waals surface area (Å²) < 4.78 is 0.717. The molecular weight excluding hydrogens is 260 g/mol. The average molecular weight is 271 g/mol. The minimum absolute atomic E-state index is 0.0995. The number of halogens is 1. The molecule has 0 bridgehead atoms. The van der Waals surface area contributed by atoms with Crippen LogP contribution in [0.4, 0.5) is 5.69 Å². The molecule has 0 spiro atoms. The van der Waals surface area contributed by atoms with Crippen LogP contribution in [0.25, 0.3) is 6.08 Å². The van der Waals surface area contributed by atoms with E-state index in [1.54, 1.807) is 24.4 Å². The molecule has 0 fully saturated rings. The molecule has 0 atom stereocenters. The molecule has 80 valence electrons. The van der Waals surface area contributed by atoms with E-state index in [1.165, 1.54) is 6.07 Å². The maximum Gasteiger partial charge on any atom is 0.277 e. The highest BCUT2D eigenvalue weighted by molar-refractivity contribution is 9.10. The third-order valence-corrected chi connectivity index (χ3v) is 2.46. The van der Waals surface area contributed by atoms with Gasteiger partial charge in [-0.1, -0.05) is 6.07 Å². The van der Waals surface area contributed by atoms with Crippen molar-refractivity contribution in [3.05, 3.63) is 44.5 Å². The van der Waals surface area contributed by atoms with Gasteiger partial charge in [0.05, 0.1) is 10.5 Å². The predicted octanol–water partition coefficient (Wildman–Crippen LogP) is 2.89. The molecule has 0 amide bonds. The Kier molecular flexibility index (Phi) is 3.85. The zero-order valence-electron chi connectivity index (χ0n) is 8.48. The van der Waals surface area contributed by atoms with Crippen LogP contribution in [0.1, 0.15) is 5.56 Å². The van der Waals surface area contributed by atoms with Crippen LogP contribution in [0.3, 0.4) is 0 Å². The van der Waals surface area contributed by atoms with Crippen LogP contribution in [-0.2, 0) is 0 Å². The monoisotopic (exact) mass is 270 g/mol. The number of hydrogen-bond donors (Lipinski definition) is 0. The lowest BCUT2D eigenvalue weighted by Crippen LogP contribution is -2.00. The highest BCUT2D eigenvalue weighted by Crippen LogP contribution is 2.27. The third-order valence-electron chi connectivity index (χ3n) is 1.77. The fourth-order valence-electron chi connectivity index (χ4n) is 1.07. The number of nitro benzene ring substituents is 1. The van der Waals surface area contributed by atoms with Gasteiger partial charge in [-0.3, -0.25) is 10.1 Å². The van der Waals surface area contributed by atoms with Crippen LogP contribution < -0.4 is 0 Å². The smallest absolute Gasteiger partial charge is 0.277 e. The van der Waals surface area contributed by atoms with Crippen molar-refractivity contribution in [3.8, 4) is 0 Å². The normalized spacial score (nSPS) is 10.6. The molecule has 0 unspecified atom stereocenters. The van der Waals surface area contributed by atoms with Crippen LogP contribution in [0.15, 0.2) is 28.9 Å². The largest absolute Gasteiger partial charge is 0.383 e. The molecule has 0 aliphatic carbocycles. The van der Waals surface area contributed by atoms with E-state index in [1.807, 2.05) is 19.0 Å². The van der Waals surface area contributed by atoms with E-state index < -0.39 is 0 Å². The zero-order valence-corrected chi connectivity index (χ0v) is 10.1. The molecular formula is C10H11BrN2O2. The van der Waals surface area contributed by atoms with Crippen LogP contribution in [-0.4, -0.2) is 23.9 Å². The lowest BCUT2D eigenvalue weighted by atomic mass is 10.2. The quantitative estimate of drug-likeness (QED) is 0.627. The van der Waals surface area contributed by atoms with Gasteiger partial charge in [-0.25, -0.2) is 0 Å². The summed E-state index contributed by atoms with van der Waals surface area (Å²) in [5.74, 6) is 0. The Balaban J connectivity index is 3.19. The molecule has 0 aromatic heterocycles. The Morgan fingerprint density at radius 3 is 2.67 bits per heavy atom. The minimum atomic E-state index is -0.389. The molecule has 0 aliphatic heterocycles. The molecule has 0 aliphatic rings. The molecule has 0 N–H and O–H groups in total. The standard InChI is InChI=1S/C10H11BrN2O2/c1-12(2)7-6-8-9(11)4-3-5-10(8)13(14)15/h3-7H,1-2H3/b7-6+. The maximum absolute atomic E-state index is 10.8. The van der Waals surface area contributed by atoms with Crippen molar-refractivity contribution in [1.29, 1.82) is 0 Å². The number of hydrogen-bond acceptors (Lipinski definition) is 3. The molecule has 0 heterocycles. The van der Waals surface area contributed by atoms with Gasteiger partial charge in [0.1, 0.15) is 0 Å². The Morgan fingerprint density at radius 2 is 2.13 bits per heavy atom. The molecule has 1 aromatic rings. The lowest BCUT2D eigenvalue weighted by Gasteiger charge is -2.04. The van der Waals surface area contributed by atoms with Crippen LogP contribution in [0.5, 0.6) is 0 Å². The predicted molar refractivity (Wildman–Crippen MR) is 63.5 cm³/mol. The summed E-state index contributed by atoms with van der Waals surface area (Å²) in [5, 5.41) is 10.8. The van der Waals surface area contributed by atoms with Gasteiger partial charge in [0.15, 0.2) is 0 Å². The second kappa shape index (κ2) is 4.93. The topological polar surface area (TPSA) is 46.4 Å². The highest BCUT2D eigenvalue weighted by Gasteiger charge is 2.13. The lowest BCUT2D eigenvalue weighted by molar-refractivity contribution is -0.385. The number of nitro groups is 1. The molecule has 1 aromatic carbocycles. The van der Waals surface area contributed by atoms with Crippen molar-refractivity contribution in [1.82, 2.24) is 4.90 Å². The number of benzene rings is 1. The maximum atomic E-state index is 10.8. The molecule has 0 radical (unpaired) electrons. The fourth-order valence-corrected chi connectivity index (χ4v) is 1.56. The first-order valence-electron chi connectivity index (χ1n) is 4.30. The van der Waals surface area contributed by atoms with Crippen molar-refractivity contribution < 1.29 is 4.92 Å². The number of nitrogens with zero attached hydrogens (tertiary/aromatic N) is 2. The summed E-state index contributed by atoms with van der Waals surface area (Å²) in [4.78, 5) is 12.2. The Morgan fingerprint density at radius 1 is 1.47 bits per heavy atom. The fraction of sp³-hybridized carbons (Fsp3) is 0.200. The van der Waals surface area contributed by atoms with Crippen molar-refractivity contribution in [2.45, 2.75) is 0 Å². The summed E-state index contributed by atoms with van der Waals surface area (Å²) in [7, 11) is 3.72. The summed E-state index contributed by atoms with van der Waals surface area (Å²) in [6, 6.07) is 4.91. The summed E-state index contributed by atoms with van der Waals surface area (Å²) in [6.45, 7) is 0. The first kappa shape index (κ1) is 11.7. The van der Waals surface area contributed by atoms with E-state index in [0.717, 1.165) is 4.47 Å². The molecule has 1 rings (SSSR count). The van der Waals surface area contributed by atoms with E-state index in [2.05, 4.69) is 15.9 Å². The molecule has 0 saturated heterocycles. The Hall–Kier alpha value is -1.36. The van der Waals surface area contributed by atoms with Gasteiger partial charge in [-0.15, -0.1) is 0 Å². The van der Waals surface area contributed by atoms with E-state index in [4.69, 9.17) is 0 Å². The van der Waals surface area contributed by atoms with Crippen LogP contribution in [0.2, 0.25) is 0 Å². The van der Waals surface area contributed by atoms with Gasteiger partial charge >= 0.3 is 0 Å². The third kappa shape index (κ3) is 3.06. The summed E-state index contributed by atoms with van der Waals surface area (Å²) in [6.07, 6.45) is 3.48. The molecule has 15 heavy (non-hydrogen) atoms. The van der Waals surface area contributed by atoms with Gasteiger partial charge in [0.25, 0.3) is 5.69 Å². The van der Waals surface area contributed by atoms with Gasteiger partial charge in [-0.05, 0) is 34.3 Å².